The fourth-order valence-corrected chi connectivity index (χ4v) is 1.54. The number of carbonyl (C=O) groups excluding carboxylic acids is 1. The normalized spacial score (nSPS) is 10.9. The summed E-state index contributed by atoms with van der Waals surface area (Å²) in [5.74, 6) is 1.87. The Kier molecular flexibility index (Phi) is 6.20. The third kappa shape index (κ3) is 7.34. The predicted octanol–water partition coefficient (Wildman–Crippen LogP) is 2.12. The van der Waals surface area contributed by atoms with Crippen molar-refractivity contribution in [2.24, 2.45) is 0 Å². The van der Waals surface area contributed by atoms with Crippen molar-refractivity contribution in [1.29, 1.82) is 0 Å². The van der Waals surface area contributed by atoms with Crippen LogP contribution in [0.5, 0.6) is 5.88 Å². The van der Waals surface area contributed by atoms with Crippen LogP contribution >= 0.6 is 0 Å². The zero-order chi connectivity index (χ0) is 15.9. The molecule has 1 rings (SSSR count). The summed E-state index contributed by atoms with van der Waals surface area (Å²) in [5.41, 5.74) is -0.475. The molecule has 0 aliphatic carbocycles. The number of methoxy groups -OCH3 is 1. The number of rotatable bonds is 6. The molecule has 0 spiro atoms. The minimum absolute atomic E-state index is 0.401. The van der Waals surface area contributed by atoms with Gasteiger partial charge in [-0.1, -0.05) is 0 Å². The quantitative estimate of drug-likeness (QED) is 0.782. The van der Waals surface area contributed by atoms with Gasteiger partial charge in [-0.25, -0.2) is 9.78 Å². The molecular formula is C14H24N4O3. The van der Waals surface area contributed by atoms with Gasteiger partial charge in [-0.3, -0.25) is 0 Å². The van der Waals surface area contributed by atoms with E-state index in [0.717, 1.165) is 6.42 Å². The second kappa shape index (κ2) is 7.66. The number of carbonyl (C=O) groups is 1. The average molecular weight is 296 g/mol. The number of nitrogens with one attached hydrogen (secondary N) is 2. The van der Waals surface area contributed by atoms with Crippen molar-refractivity contribution in [2.75, 3.05) is 25.5 Å². The Bertz CT molecular complexity index is 472. The number of aromatic nitrogens is 2. The standard InChI is InChI=1S/C14H24N4O3/c1-10-17-11(9-12(18-10)20-5)15-7-6-8-16-13(19)21-14(2,3)4/h9H,6-8H2,1-5H3,(H,16,19)(H,15,17,18). The number of hydrogen-bond donors (Lipinski definition) is 2. The number of alkyl carbamates (subject to hydrolysis) is 1. The van der Waals surface area contributed by atoms with E-state index in [1.54, 1.807) is 20.1 Å². The van der Waals surface area contributed by atoms with Crippen molar-refractivity contribution in [3.8, 4) is 5.88 Å². The smallest absolute Gasteiger partial charge is 0.407 e. The lowest BCUT2D eigenvalue weighted by molar-refractivity contribution is 0.0528. The summed E-state index contributed by atoms with van der Waals surface area (Å²) >= 11 is 0. The number of aryl methyl sites for hydroxylation is 1. The molecule has 0 unspecified atom stereocenters. The lowest BCUT2D eigenvalue weighted by atomic mass is 10.2. The van der Waals surface area contributed by atoms with E-state index in [-0.39, 0.29) is 0 Å². The highest BCUT2D eigenvalue weighted by Gasteiger charge is 2.15. The maximum absolute atomic E-state index is 11.4. The first-order valence-corrected chi connectivity index (χ1v) is 6.90. The Balaban J connectivity index is 2.25. The molecule has 21 heavy (non-hydrogen) atoms. The zero-order valence-corrected chi connectivity index (χ0v) is 13.3. The van der Waals surface area contributed by atoms with Crippen LogP contribution in [0.4, 0.5) is 10.6 Å². The van der Waals surface area contributed by atoms with Gasteiger partial charge in [0.05, 0.1) is 7.11 Å². The second-order valence-electron chi connectivity index (χ2n) is 5.55. The Morgan fingerprint density at radius 3 is 2.62 bits per heavy atom. The number of ether oxygens (including phenoxy) is 2. The van der Waals surface area contributed by atoms with Gasteiger partial charge in [0, 0.05) is 19.2 Å². The molecule has 0 saturated carbocycles. The van der Waals surface area contributed by atoms with Gasteiger partial charge in [-0.15, -0.1) is 0 Å². The van der Waals surface area contributed by atoms with Gasteiger partial charge in [-0.05, 0) is 34.1 Å². The fourth-order valence-electron chi connectivity index (χ4n) is 1.54. The van der Waals surface area contributed by atoms with Crippen LogP contribution in [0.3, 0.4) is 0 Å². The molecule has 0 aliphatic heterocycles. The average Bonchev–Trinajstić information content (AvgIpc) is 2.35. The van der Waals surface area contributed by atoms with Gasteiger partial charge >= 0.3 is 6.09 Å². The maximum Gasteiger partial charge on any atom is 0.407 e. The van der Waals surface area contributed by atoms with Crippen LogP contribution in [-0.2, 0) is 4.74 Å². The van der Waals surface area contributed by atoms with E-state index in [2.05, 4.69) is 20.6 Å². The van der Waals surface area contributed by atoms with Crippen LogP contribution in [0.2, 0.25) is 0 Å². The largest absolute Gasteiger partial charge is 0.481 e. The molecule has 2 N–H and O–H groups in total. The number of anilines is 1. The van der Waals surface area contributed by atoms with Crippen molar-refractivity contribution in [2.45, 2.75) is 39.7 Å². The highest BCUT2D eigenvalue weighted by Crippen LogP contribution is 2.12. The van der Waals surface area contributed by atoms with E-state index in [9.17, 15) is 4.79 Å². The highest BCUT2D eigenvalue weighted by molar-refractivity contribution is 5.67. The molecule has 0 fully saturated rings. The van der Waals surface area contributed by atoms with E-state index in [1.165, 1.54) is 0 Å². The van der Waals surface area contributed by atoms with Gasteiger partial charge in [0.1, 0.15) is 17.2 Å². The lowest BCUT2D eigenvalue weighted by Gasteiger charge is -2.19. The van der Waals surface area contributed by atoms with Gasteiger partial charge in [0.25, 0.3) is 0 Å². The van der Waals surface area contributed by atoms with Crippen LogP contribution in [0.15, 0.2) is 6.07 Å². The van der Waals surface area contributed by atoms with E-state index in [0.29, 0.717) is 30.6 Å². The first-order chi connectivity index (χ1) is 9.80. The van der Waals surface area contributed by atoms with E-state index >= 15 is 0 Å². The third-order valence-corrected chi connectivity index (χ3v) is 2.35. The highest BCUT2D eigenvalue weighted by atomic mass is 16.6. The summed E-state index contributed by atoms with van der Waals surface area (Å²) in [6, 6.07) is 1.73. The number of amides is 1. The van der Waals surface area contributed by atoms with Crippen LogP contribution in [0, 0.1) is 6.92 Å². The molecule has 1 heterocycles. The minimum atomic E-state index is -0.475. The lowest BCUT2D eigenvalue weighted by Crippen LogP contribution is -2.33. The minimum Gasteiger partial charge on any atom is -0.481 e. The zero-order valence-electron chi connectivity index (χ0n) is 13.3. The molecular weight excluding hydrogens is 272 g/mol. The molecule has 0 aliphatic rings. The van der Waals surface area contributed by atoms with Crippen molar-refractivity contribution in [3.63, 3.8) is 0 Å². The summed E-state index contributed by atoms with van der Waals surface area (Å²) in [6.07, 6.45) is 0.354. The van der Waals surface area contributed by atoms with Crippen LogP contribution in [0.1, 0.15) is 33.0 Å². The molecule has 118 valence electrons. The van der Waals surface area contributed by atoms with Gasteiger partial charge in [0.15, 0.2) is 0 Å². The molecule has 1 aromatic rings. The van der Waals surface area contributed by atoms with Crippen LogP contribution in [-0.4, -0.2) is 41.9 Å². The Morgan fingerprint density at radius 1 is 1.29 bits per heavy atom. The fraction of sp³-hybridized carbons (Fsp3) is 0.643. The third-order valence-electron chi connectivity index (χ3n) is 2.35. The molecule has 0 atom stereocenters. The molecule has 1 amide bonds. The summed E-state index contributed by atoms with van der Waals surface area (Å²) in [4.78, 5) is 19.8. The predicted molar refractivity (Wildman–Crippen MR) is 80.7 cm³/mol. The molecule has 0 aromatic carbocycles. The van der Waals surface area contributed by atoms with Crippen molar-refractivity contribution in [1.82, 2.24) is 15.3 Å². The summed E-state index contributed by atoms with van der Waals surface area (Å²) in [6.45, 7) is 8.51. The number of nitrogens with zero attached hydrogens (tertiary/aromatic N) is 2. The molecule has 0 bridgehead atoms. The second-order valence-corrected chi connectivity index (χ2v) is 5.55. The maximum atomic E-state index is 11.4. The molecule has 0 radical (unpaired) electrons. The molecule has 7 heteroatoms. The van der Waals surface area contributed by atoms with Gasteiger partial charge < -0.3 is 20.1 Å². The van der Waals surface area contributed by atoms with E-state index in [4.69, 9.17) is 9.47 Å². The first kappa shape index (κ1) is 17.0. The Morgan fingerprint density at radius 2 is 2.00 bits per heavy atom. The monoisotopic (exact) mass is 296 g/mol. The van der Waals surface area contributed by atoms with E-state index < -0.39 is 11.7 Å². The molecule has 1 aromatic heterocycles. The summed E-state index contributed by atoms with van der Waals surface area (Å²) in [5, 5.41) is 5.86. The van der Waals surface area contributed by atoms with Crippen LogP contribution < -0.4 is 15.4 Å². The van der Waals surface area contributed by atoms with Gasteiger partial charge in [0.2, 0.25) is 5.88 Å². The Hall–Kier alpha value is -2.05. The SMILES string of the molecule is COc1cc(NCCCNC(=O)OC(C)(C)C)nc(C)n1. The number of hydrogen-bond acceptors (Lipinski definition) is 6. The van der Waals surface area contributed by atoms with Crippen molar-refractivity contribution < 1.29 is 14.3 Å². The summed E-state index contributed by atoms with van der Waals surface area (Å²) < 4.78 is 10.2. The summed E-state index contributed by atoms with van der Waals surface area (Å²) in [7, 11) is 1.57. The van der Waals surface area contributed by atoms with Gasteiger partial charge in [-0.2, -0.15) is 4.98 Å². The van der Waals surface area contributed by atoms with Crippen molar-refractivity contribution in [3.05, 3.63) is 11.9 Å². The van der Waals surface area contributed by atoms with E-state index in [1.807, 2.05) is 20.8 Å². The van der Waals surface area contributed by atoms with Crippen LogP contribution in [0.25, 0.3) is 0 Å². The first-order valence-electron chi connectivity index (χ1n) is 6.90. The van der Waals surface area contributed by atoms with Crippen molar-refractivity contribution >= 4 is 11.9 Å². The Labute approximate surface area is 125 Å². The molecule has 7 nitrogen and oxygen atoms in total. The topological polar surface area (TPSA) is 85.4 Å². The molecule has 0 saturated heterocycles.